The lowest BCUT2D eigenvalue weighted by molar-refractivity contribution is 0.00558. The summed E-state index contributed by atoms with van der Waals surface area (Å²) in [5.41, 5.74) is 0.789. The molecule has 0 bridgehead atoms. The smallest absolute Gasteiger partial charge is 0.410 e. The van der Waals surface area contributed by atoms with Gasteiger partial charge in [0.15, 0.2) is 0 Å². The molecule has 0 unspecified atom stereocenters. The molecule has 1 aliphatic rings. The number of aliphatic hydroxyl groups is 1. The van der Waals surface area contributed by atoms with Crippen molar-refractivity contribution in [3.63, 3.8) is 0 Å². The van der Waals surface area contributed by atoms with Crippen molar-refractivity contribution in [2.45, 2.75) is 37.8 Å². The number of aliphatic hydroxyl groups excluding tert-OH is 1. The standard InChI is InChI=1S/C15H21NO3/c1-16(15(10-11-17)8-5-9-15)14(18)19-12-13-6-3-2-4-7-13/h2-4,6-7,17H,5,8-12H2,1H3. The summed E-state index contributed by atoms with van der Waals surface area (Å²) in [6.45, 7) is 0.398. The Labute approximate surface area is 114 Å². The molecule has 1 aromatic carbocycles. The molecule has 4 nitrogen and oxygen atoms in total. The van der Waals surface area contributed by atoms with E-state index in [1.165, 1.54) is 0 Å². The molecule has 4 heteroatoms. The largest absolute Gasteiger partial charge is 0.445 e. The van der Waals surface area contributed by atoms with Gasteiger partial charge in [-0.05, 0) is 31.2 Å². The number of benzene rings is 1. The maximum atomic E-state index is 12.1. The van der Waals surface area contributed by atoms with Crippen LogP contribution in [0.4, 0.5) is 4.79 Å². The van der Waals surface area contributed by atoms with Crippen LogP contribution in [0.25, 0.3) is 0 Å². The maximum absolute atomic E-state index is 12.1. The molecule has 0 atom stereocenters. The zero-order valence-corrected chi connectivity index (χ0v) is 11.3. The van der Waals surface area contributed by atoms with Gasteiger partial charge in [-0.1, -0.05) is 30.3 Å². The second kappa shape index (κ2) is 6.06. The first-order valence-corrected chi connectivity index (χ1v) is 6.73. The first kappa shape index (κ1) is 13.9. The summed E-state index contributed by atoms with van der Waals surface area (Å²) in [6.07, 6.45) is 3.33. The Bertz CT molecular complexity index is 415. The third-order valence-electron chi connectivity index (χ3n) is 4.05. The monoisotopic (exact) mass is 263 g/mol. The molecule has 1 aliphatic carbocycles. The van der Waals surface area contributed by atoms with Gasteiger partial charge in [0.1, 0.15) is 6.61 Å². The van der Waals surface area contributed by atoms with E-state index < -0.39 is 0 Å². The molecule has 104 valence electrons. The van der Waals surface area contributed by atoms with Crippen LogP contribution in [0.15, 0.2) is 30.3 Å². The van der Waals surface area contributed by atoms with Crippen molar-refractivity contribution >= 4 is 6.09 Å². The number of hydrogen-bond donors (Lipinski definition) is 1. The summed E-state index contributed by atoms with van der Waals surface area (Å²) in [5, 5.41) is 9.13. The summed E-state index contributed by atoms with van der Waals surface area (Å²) >= 11 is 0. The quantitative estimate of drug-likeness (QED) is 0.888. The van der Waals surface area contributed by atoms with Crippen LogP contribution < -0.4 is 0 Å². The van der Waals surface area contributed by atoms with Crippen molar-refractivity contribution in [1.82, 2.24) is 4.90 Å². The minimum Gasteiger partial charge on any atom is -0.445 e. The average Bonchev–Trinajstić information content (AvgIpc) is 2.40. The average molecular weight is 263 g/mol. The molecular weight excluding hydrogens is 242 g/mol. The van der Waals surface area contributed by atoms with Gasteiger partial charge in [-0.2, -0.15) is 0 Å². The topological polar surface area (TPSA) is 49.8 Å². The lowest BCUT2D eigenvalue weighted by Gasteiger charge is -2.47. The summed E-state index contributed by atoms with van der Waals surface area (Å²) < 4.78 is 5.32. The van der Waals surface area contributed by atoms with Gasteiger partial charge in [-0.15, -0.1) is 0 Å². The van der Waals surface area contributed by atoms with Crippen molar-refractivity contribution in [2.24, 2.45) is 0 Å². The predicted molar refractivity (Wildman–Crippen MR) is 72.7 cm³/mol. The number of rotatable bonds is 5. The Hall–Kier alpha value is -1.55. The fourth-order valence-electron chi connectivity index (χ4n) is 2.56. The molecule has 1 aromatic rings. The molecule has 0 radical (unpaired) electrons. The van der Waals surface area contributed by atoms with Gasteiger partial charge in [0.2, 0.25) is 0 Å². The summed E-state index contributed by atoms with van der Waals surface area (Å²) in [7, 11) is 1.77. The number of carbonyl (C=O) groups excluding carboxylic acids is 1. The minimum absolute atomic E-state index is 0.107. The minimum atomic E-state index is -0.308. The molecule has 0 spiro atoms. The molecule has 0 saturated heterocycles. The second-order valence-corrected chi connectivity index (χ2v) is 5.15. The van der Waals surface area contributed by atoms with Crippen LogP contribution in [0.3, 0.4) is 0 Å². The summed E-state index contributed by atoms with van der Waals surface area (Å²) in [4.78, 5) is 13.7. The van der Waals surface area contributed by atoms with Crippen molar-refractivity contribution in [3.8, 4) is 0 Å². The second-order valence-electron chi connectivity index (χ2n) is 5.15. The van der Waals surface area contributed by atoms with E-state index in [9.17, 15) is 4.79 Å². The van der Waals surface area contributed by atoms with E-state index in [4.69, 9.17) is 9.84 Å². The Morgan fingerprint density at radius 2 is 2.05 bits per heavy atom. The Morgan fingerprint density at radius 1 is 1.37 bits per heavy atom. The van der Waals surface area contributed by atoms with Crippen molar-refractivity contribution in [3.05, 3.63) is 35.9 Å². The van der Waals surface area contributed by atoms with Crippen molar-refractivity contribution in [1.29, 1.82) is 0 Å². The molecule has 0 aliphatic heterocycles. The van der Waals surface area contributed by atoms with Crippen LogP contribution in [-0.4, -0.2) is 35.3 Å². The third-order valence-corrected chi connectivity index (χ3v) is 4.05. The Morgan fingerprint density at radius 3 is 2.58 bits per heavy atom. The van der Waals surface area contributed by atoms with E-state index in [0.29, 0.717) is 13.0 Å². The van der Waals surface area contributed by atoms with Crippen LogP contribution >= 0.6 is 0 Å². The number of ether oxygens (including phenoxy) is 1. The molecule has 0 heterocycles. The number of nitrogens with zero attached hydrogens (tertiary/aromatic N) is 1. The lowest BCUT2D eigenvalue weighted by Crippen LogP contribution is -2.54. The van der Waals surface area contributed by atoms with Crippen LogP contribution in [0, 0.1) is 0 Å². The summed E-state index contributed by atoms with van der Waals surface area (Å²) in [5.74, 6) is 0. The van der Waals surface area contributed by atoms with Gasteiger partial charge in [0.05, 0.1) is 0 Å². The van der Waals surface area contributed by atoms with Crippen LogP contribution in [0.5, 0.6) is 0 Å². The van der Waals surface area contributed by atoms with E-state index in [1.807, 2.05) is 30.3 Å². The highest BCUT2D eigenvalue weighted by atomic mass is 16.6. The highest BCUT2D eigenvalue weighted by Crippen LogP contribution is 2.39. The fourth-order valence-corrected chi connectivity index (χ4v) is 2.56. The molecule has 0 aromatic heterocycles. The highest BCUT2D eigenvalue weighted by molar-refractivity contribution is 5.68. The predicted octanol–water partition coefficient (Wildman–Crippen LogP) is 2.56. The Kier molecular flexibility index (Phi) is 4.43. The molecule has 1 amide bonds. The van der Waals surface area contributed by atoms with E-state index in [1.54, 1.807) is 11.9 Å². The van der Waals surface area contributed by atoms with E-state index in [-0.39, 0.29) is 18.2 Å². The molecule has 1 fully saturated rings. The van der Waals surface area contributed by atoms with Gasteiger partial charge >= 0.3 is 6.09 Å². The Balaban J connectivity index is 1.89. The van der Waals surface area contributed by atoms with E-state index in [2.05, 4.69) is 0 Å². The van der Waals surface area contributed by atoms with Gasteiger partial charge in [0.25, 0.3) is 0 Å². The molecule has 19 heavy (non-hydrogen) atoms. The zero-order valence-electron chi connectivity index (χ0n) is 11.3. The van der Waals surface area contributed by atoms with Crippen molar-refractivity contribution < 1.29 is 14.6 Å². The maximum Gasteiger partial charge on any atom is 0.410 e. The fraction of sp³-hybridized carbons (Fsp3) is 0.533. The normalized spacial score (nSPS) is 16.5. The number of carbonyl (C=O) groups is 1. The lowest BCUT2D eigenvalue weighted by atomic mass is 9.73. The van der Waals surface area contributed by atoms with Crippen LogP contribution in [-0.2, 0) is 11.3 Å². The van der Waals surface area contributed by atoms with Gasteiger partial charge in [-0.25, -0.2) is 4.79 Å². The van der Waals surface area contributed by atoms with E-state index in [0.717, 1.165) is 24.8 Å². The molecule has 1 N–H and O–H groups in total. The molecular formula is C15H21NO3. The third kappa shape index (κ3) is 3.07. The molecule has 2 rings (SSSR count). The summed E-state index contributed by atoms with van der Waals surface area (Å²) in [6, 6.07) is 9.64. The van der Waals surface area contributed by atoms with E-state index >= 15 is 0 Å². The van der Waals surface area contributed by atoms with Crippen LogP contribution in [0.1, 0.15) is 31.2 Å². The number of hydrogen-bond acceptors (Lipinski definition) is 3. The molecule has 1 saturated carbocycles. The SMILES string of the molecule is CN(C(=O)OCc1ccccc1)C1(CCO)CCC1. The number of amides is 1. The van der Waals surface area contributed by atoms with Gasteiger partial charge < -0.3 is 14.7 Å². The van der Waals surface area contributed by atoms with Crippen molar-refractivity contribution in [2.75, 3.05) is 13.7 Å². The van der Waals surface area contributed by atoms with Gasteiger partial charge in [-0.3, -0.25) is 0 Å². The zero-order chi connectivity index (χ0) is 13.7. The highest BCUT2D eigenvalue weighted by Gasteiger charge is 2.43. The van der Waals surface area contributed by atoms with Gasteiger partial charge in [0, 0.05) is 19.2 Å². The van der Waals surface area contributed by atoms with Crippen LogP contribution in [0.2, 0.25) is 0 Å². The first-order chi connectivity index (χ1) is 9.18. The first-order valence-electron chi connectivity index (χ1n) is 6.73.